The van der Waals surface area contributed by atoms with Crippen molar-refractivity contribution >= 4 is 28.7 Å². The first-order chi connectivity index (χ1) is 13.9. The van der Waals surface area contributed by atoms with Crippen molar-refractivity contribution in [2.24, 2.45) is 7.05 Å². The van der Waals surface area contributed by atoms with Gasteiger partial charge in [-0.1, -0.05) is 6.92 Å². The third-order valence-corrected chi connectivity index (χ3v) is 4.50. The van der Waals surface area contributed by atoms with Gasteiger partial charge in [0.1, 0.15) is 23.3 Å². The fourth-order valence-corrected chi connectivity index (χ4v) is 3.01. The number of ether oxygens (including phenoxy) is 2. The van der Waals surface area contributed by atoms with Crippen molar-refractivity contribution in [3.63, 3.8) is 0 Å². The summed E-state index contributed by atoms with van der Waals surface area (Å²) in [7, 11) is 3.24. The predicted molar refractivity (Wildman–Crippen MR) is 109 cm³/mol. The molecule has 2 heterocycles. The fraction of sp³-hybridized carbons (Fsp3) is 0.333. The van der Waals surface area contributed by atoms with Crippen molar-refractivity contribution in [3.05, 3.63) is 42.2 Å². The molecular weight excluding hydrogens is 372 g/mol. The van der Waals surface area contributed by atoms with Crippen LogP contribution in [0.2, 0.25) is 0 Å². The first kappa shape index (κ1) is 20.3. The van der Waals surface area contributed by atoms with Gasteiger partial charge in [-0.05, 0) is 31.5 Å². The molecule has 0 saturated heterocycles. The minimum atomic E-state index is -0.470. The number of fused-ring (bicyclic) bond motifs is 1. The molecular formula is C21H24N4O4. The van der Waals surface area contributed by atoms with Gasteiger partial charge in [0.15, 0.2) is 0 Å². The van der Waals surface area contributed by atoms with Gasteiger partial charge in [-0.2, -0.15) is 0 Å². The van der Waals surface area contributed by atoms with Crippen LogP contribution in [0.5, 0.6) is 11.5 Å². The molecule has 3 aromatic rings. The Kier molecular flexibility index (Phi) is 6.11. The Bertz CT molecular complexity index is 1040. The SMILES string of the molecule is CCC(Nc1nc2cc(Oc3ccnc(CC(C)=O)c3)ccc2n1C)C(=O)OC. The molecule has 8 nitrogen and oxygen atoms in total. The van der Waals surface area contributed by atoms with Crippen LogP contribution in [-0.4, -0.2) is 39.4 Å². The molecule has 1 aromatic carbocycles. The van der Waals surface area contributed by atoms with E-state index in [1.54, 1.807) is 18.3 Å². The zero-order valence-corrected chi connectivity index (χ0v) is 16.9. The Morgan fingerprint density at radius 2 is 1.97 bits per heavy atom. The topological polar surface area (TPSA) is 95.3 Å². The van der Waals surface area contributed by atoms with Gasteiger partial charge in [0, 0.05) is 31.8 Å². The fourth-order valence-electron chi connectivity index (χ4n) is 3.01. The number of rotatable bonds is 8. The number of aryl methyl sites for hydroxylation is 1. The number of esters is 1. The van der Waals surface area contributed by atoms with Crippen LogP contribution in [-0.2, 0) is 27.8 Å². The van der Waals surface area contributed by atoms with E-state index in [0.29, 0.717) is 29.6 Å². The number of ketones is 1. The Labute approximate surface area is 168 Å². The molecule has 0 aliphatic heterocycles. The van der Waals surface area contributed by atoms with Crippen LogP contribution >= 0.6 is 0 Å². The highest BCUT2D eigenvalue weighted by molar-refractivity contribution is 5.83. The van der Waals surface area contributed by atoms with E-state index in [-0.39, 0.29) is 18.2 Å². The van der Waals surface area contributed by atoms with E-state index in [0.717, 1.165) is 11.0 Å². The molecule has 1 N–H and O–H groups in total. The number of hydrogen-bond donors (Lipinski definition) is 1. The van der Waals surface area contributed by atoms with E-state index in [1.807, 2.05) is 36.7 Å². The zero-order chi connectivity index (χ0) is 21.0. The van der Waals surface area contributed by atoms with Crippen LogP contribution in [0.1, 0.15) is 26.0 Å². The molecule has 0 fully saturated rings. The normalized spacial score (nSPS) is 11.9. The molecule has 3 rings (SSSR count). The van der Waals surface area contributed by atoms with Gasteiger partial charge in [-0.15, -0.1) is 0 Å². The number of anilines is 1. The third-order valence-electron chi connectivity index (χ3n) is 4.50. The van der Waals surface area contributed by atoms with Crippen molar-refractivity contribution in [1.82, 2.24) is 14.5 Å². The van der Waals surface area contributed by atoms with Gasteiger partial charge in [0.05, 0.1) is 23.8 Å². The van der Waals surface area contributed by atoms with E-state index >= 15 is 0 Å². The lowest BCUT2D eigenvalue weighted by Gasteiger charge is -2.14. The molecule has 1 atom stereocenters. The molecule has 0 aliphatic carbocycles. The Morgan fingerprint density at radius 3 is 2.66 bits per heavy atom. The van der Waals surface area contributed by atoms with E-state index < -0.39 is 6.04 Å². The summed E-state index contributed by atoms with van der Waals surface area (Å²) < 4.78 is 12.6. The number of pyridine rings is 1. The number of carbonyl (C=O) groups is 2. The average Bonchev–Trinajstić information content (AvgIpc) is 3.00. The van der Waals surface area contributed by atoms with E-state index in [1.165, 1.54) is 14.0 Å². The summed E-state index contributed by atoms with van der Waals surface area (Å²) in [6.45, 7) is 3.43. The highest BCUT2D eigenvalue weighted by Crippen LogP contribution is 2.27. The van der Waals surface area contributed by atoms with E-state index in [4.69, 9.17) is 9.47 Å². The Morgan fingerprint density at radius 1 is 1.21 bits per heavy atom. The summed E-state index contributed by atoms with van der Waals surface area (Å²) in [5, 5.41) is 3.13. The molecule has 0 amide bonds. The monoisotopic (exact) mass is 396 g/mol. The largest absolute Gasteiger partial charge is 0.467 e. The van der Waals surface area contributed by atoms with Crippen molar-refractivity contribution in [3.8, 4) is 11.5 Å². The van der Waals surface area contributed by atoms with Crippen molar-refractivity contribution in [2.75, 3.05) is 12.4 Å². The summed E-state index contributed by atoms with van der Waals surface area (Å²) in [4.78, 5) is 31.9. The van der Waals surface area contributed by atoms with Crippen molar-refractivity contribution in [1.29, 1.82) is 0 Å². The highest BCUT2D eigenvalue weighted by atomic mass is 16.5. The Hall–Kier alpha value is -3.42. The molecule has 29 heavy (non-hydrogen) atoms. The van der Waals surface area contributed by atoms with Gasteiger partial charge >= 0.3 is 5.97 Å². The number of hydrogen-bond acceptors (Lipinski definition) is 7. The second-order valence-electron chi connectivity index (χ2n) is 6.74. The molecule has 8 heteroatoms. The number of imidazole rings is 1. The number of Topliss-reactive ketones (excluding diaryl/α,β-unsaturated/α-hetero) is 1. The number of nitrogens with one attached hydrogen (secondary N) is 1. The number of nitrogens with zero attached hydrogens (tertiary/aromatic N) is 3. The third kappa shape index (κ3) is 4.71. The maximum absolute atomic E-state index is 11.9. The van der Waals surface area contributed by atoms with Crippen LogP contribution in [0, 0.1) is 0 Å². The summed E-state index contributed by atoms with van der Waals surface area (Å²) in [6, 6.07) is 8.59. The molecule has 0 aliphatic rings. The standard InChI is InChI=1S/C21H24N4O4/c1-5-17(20(27)28-4)23-21-24-18-12-15(6-7-19(18)25(21)3)29-16-8-9-22-14(11-16)10-13(2)26/h6-9,11-12,17H,5,10H2,1-4H3,(H,23,24). The van der Waals surface area contributed by atoms with Crippen molar-refractivity contribution < 1.29 is 19.1 Å². The number of aromatic nitrogens is 3. The molecule has 0 bridgehead atoms. The van der Waals surface area contributed by atoms with Gasteiger partial charge in [0.25, 0.3) is 0 Å². The van der Waals surface area contributed by atoms with Gasteiger partial charge in [0.2, 0.25) is 5.95 Å². The highest BCUT2D eigenvalue weighted by Gasteiger charge is 2.19. The zero-order valence-electron chi connectivity index (χ0n) is 16.9. The number of benzene rings is 1. The molecule has 0 saturated carbocycles. The maximum atomic E-state index is 11.9. The minimum Gasteiger partial charge on any atom is -0.467 e. The van der Waals surface area contributed by atoms with E-state index in [9.17, 15) is 9.59 Å². The van der Waals surface area contributed by atoms with Crippen LogP contribution in [0.15, 0.2) is 36.5 Å². The van der Waals surface area contributed by atoms with Crippen LogP contribution < -0.4 is 10.1 Å². The molecule has 2 aromatic heterocycles. The second kappa shape index (κ2) is 8.72. The van der Waals surface area contributed by atoms with Crippen LogP contribution in [0.4, 0.5) is 5.95 Å². The molecule has 152 valence electrons. The summed E-state index contributed by atoms with van der Waals surface area (Å²) in [5.41, 5.74) is 2.28. The number of methoxy groups -OCH3 is 1. The predicted octanol–water partition coefficient (Wildman–Crippen LogP) is 3.26. The number of carbonyl (C=O) groups excluding carboxylic acids is 2. The van der Waals surface area contributed by atoms with E-state index in [2.05, 4.69) is 15.3 Å². The molecule has 0 radical (unpaired) electrons. The molecule has 0 spiro atoms. The van der Waals surface area contributed by atoms with Crippen LogP contribution in [0.3, 0.4) is 0 Å². The summed E-state index contributed by atoms with van der Waals surface area (Å²) in [6.07, 6.45) is 2.46. The van der Waals surface area contributed by atoms with Crippen molar-refractivity contribution in [2.45, 2.75) is 32.7 Å². The summed E-state index contributed by atoms with van der Waals surface area (Å²) in [5.74, 6) is 1.50. The first-order valence-corrected chi connectivity index (χ1v) is 9.34. The lowest BCUT2D eigenvalue weighted by Crippen LogP contribution is -2.30. The maximum Gasteiger partial charge on any atom is 0.328 e. The quantitative estimate of drug-likeness (QED) is 0.584. The average molecular weight is 396 g/mol. The summed E-state index contributed by atoms with van der Waals surface area (Å²) >= 11 is 0. The van der Waals surface area contributed by atoms with Gasteiger partial charge in [-0.25, -0.2) is 9.78 Å². The van der Waals surface area contributed by atoms with Crippen LogP contribution in [0.25, 0.3) is 11.0 Å². The van der Waals surface area contributed by atoms with Gasteiger partial charge in [-0.3, -0.25) is 9.78 Å². The smallest absolute Gasteiger partial charge is 0.328 e. The minimum absolute atomic E-state index is 0.0434. The first-order valence-electron chi connectivity index (χ1n) is 9.34. The lowest BCUT2D eigenvalue weighted by atomic mass is 10.2. The Balaban J connectivity index is 1.83. The molecule has 1 unspecified atom stereocenters. The van der Waals surface area contributed by atoms with Gasteiger partial charge < -0.3 is 19.4 Å². The second-order valence-corrected chi connectivity index (χ2v) is 6.74. The lowest BCUT2D eigenvalue weighted by molar-refractivity contribution is -0.141.